The molecule has 0 saturated carbocycles. The predicted octanol–water partition coefficient (Wildman–Crippen LogP) is 3.34. The van der Waals surface area contributed by atoms with Crippen LogP contribution in [0.5, 0.6) is 5.75 Å². The van der Waals surface area contributed by atoms with Gasteiger partial charge in [0.15, 0.2) is 0 Å². The third-order valence-electron chi connectivity index (χ3n) is 4.18. The minimum Gasteiger partial charge on any atom is -0.376 e. The molecule has 1 heterocycles. The molecule has 130 valence electrons. The van der Waals surface area contributed by atoms with Gasteiger partial charge in [-0.05, 0) is 81.6 Å². The van der Waals surface area contributed by atoms with Crippen molar-refractivity contribution in [3.63, 3.8) is 0 Å². The van der Waals surface area contributed by atoms with Gasteiger partial charge in [-0.3, -0.25) is 0 Å². The first-order chi connectivity index (χ1) is 10.5. The van der Waals surface area contributed by atoms with Gasteiger partial charge >= 0.3 is 15.6 Å². The summed E-state index contributed by atoms with van der Waals surface area (Å²) in [7, 11) is -3.59. The summed E-state index contributed by atoms with van der Waals surface area (Å²) in [6.45, 7) is 5.47. The van der Waals surface area contributed by atoms with Crippen LogP contribution in [0, 0.1) is 13.8 Å². The Bertz CT molecular complexity index is 655. The summed E-state index contributed by atoms with van der Waals surface area (Å²) in [5, 5.41) is 0. The van der Waals surface area contributed by atoms with E-state index >= 15 is 0 Å². The molecule has 0 aromatic heterocycles. The first-order valence-electron chi connectivity index (χ1n) is 7.31. The number of alkyl halides is 3. The lowest BCUT2D eigenvalue weighted by Crippen LogP contribution is -2.30. The molecule has 1 aliphatic heterocycles. The largest absolute Gasteiger partial charge is 0.534 e. The molecule has 8 heteroatoms. The highest BCUT2D eigenvalue weighted by Crippen LogP contribution is 2.35. The minimum atomic E-state index is -5.64. The number of nitrogens with zero attached hydrogens (tertiary/aromatic N) is 1. The van der Waals surface area contributed by atoms with Crippen LogP contribution in [-0.4, -0.2) is 39.0 Å². The number of halogens is 3. The van der Waals surface area contributed by atoms with Gasteiger partial charge in [0.05, 0.1) is 0 Å². The maximum absolute atomic E-state index is 12.4. The van der Waals surface area contributed by atoms with Crippen molar-refractivity contribution in [1.29, 1.82) is 0 Å². The number of piperidine rings is 1. The third-order valence-corrected chi connectivity index (χ3v) is 5.16. The Labute approximate surface area is 134 Å². The third kappa shape index (κ3) is 3.98. The highest BCUT2D eigenvalue weighted by molar-refractivity contribution is 7.88. The second-order valence-corrected chi connectivity index (χ2v) is 7.57. The molecule has 1 saturated heterocycles. The number of rotatable bonds is 3. The zero-order chi connectivity index (χ0) is 17.4. The normalized spacial score (nSPS) is 18.2. The van der Waals surface area contributed by atoms with Crippen molar-refractivity contribution in [3.05, 3.63) is 28.8 Å². The second kappa shape index (κ2) is 6.32. The Morgan fingerprint density at radius 3 is 2.04 bits per heavy atom. The van der Waals surface area contributed by atoms with Gasteiger partial charge in [0.2, 0.25) is 0 Å². The van der Waals surface area contributed by atoms with E-state index in [-0.39, 0.29) is 5.75 Å². The van der Waals surface area contributed by atoms with Crippen LogP contribution in [-0.2, 0) is 10.1 Å². The molecule has 0 atom stereocenters. The van der Waals surface area contributed by atoms with Crippen molar-refractivity contribution in [2.75, 3.05) is 20.1 Å². The molecule has 0 spiro atoms. The molecule has 23 heavy (non-hydrogen) atoms. The molecular weight excluding hydrogens is 331 g/mol. The summed E-state index contributed by atoms with van der Waals surface area (Å²) in [5.41, 5.74) is -2.84. The zero-order valence-electron chi connectivity index (χ0n) is 13.3. The molecule has 2 rings (SSSR count). The quantitative estimate of drug-likeness (QED) is 0.619. The van der Waals surface area contributed by atoms with E-state index in [0.717, 1.165) is 42.6 Å². The Hall–Kier alpha value is -1.28. The molecule has 1 aromatic rings. The lowest BCUT2D eigenvalue weighted by molar-refractivity contribution is -0.0500. The van der Waals surface area contributed by atoms with E-state index in [1.165, 1.54) is 12.1 Å². The average Bonchev–Trinajstić information content (AvgIpc) is 2.38. The maximum atomic E-state index is 12.4. The van der Waals surface area contributed by atoms with Gasteiger partial charge in [-0.15, -0.1) is 0 Å². The van der Waals surface area contributed by atoms with Crippen molar-refractivity contribution >= 4 is 10.1 Å². The van der Waals surface area contributed by atoms with Crippen molar-refractivity contribution < 1.29 is 25.8 Å². The number of benzene rings is 1. The van der Waals surface area contributed by atoms with E-state index in [1.54, 1.807) is 13.8 Å². The second-order valence-electron chi connectivity index (χ2n) is 6.03. The van der Waals surface area contributed by atoms with E-state index in [9.17, 15) is 21.6 Å². The Balaban J connectivity index is 2.28. The fourth-order valence-corrected chi connectivity index (χ4v) is 3.54. The highest BCUT2D eigenvalue weighted by atomic mass is 32.2. The molecule has 1 fully saturated rings. The van der Waals surface area contributed by atoms with Crippen LogP contribution in [0.2, 0.25) is 0 Å². The van der Waals surface area contributed by atoms with Gasteiger partial charge in [-0.1, -0.05) is 0 Å². The summed E-state index contributed by atoms with van der Waals surface area (Å²) in [4.78, 5) is 2.23. The van der Waals surface area contributed by atoms with E-state index in [4.69, 9.17) is 0 Å². The molecule has 4 nitrogen and oxygen atoms in total. The van der Waals surface area contributed by atoms with E-state index in [0.29, 0.717) is 5.92 Å². The average molecular weight is 351 g/mol. The Morgan fingerprint density at radius 2 is 1.61 bits per heavy atom. The molecule has 0 bridgehead atoms. The maximum Gasteiger partial charge on any atom is 0.534 e. The van der Waals surface area contributed by atoms with Gasteiger partial charge in [0.1, 0.15) is 5.75 Å². The standard InChI is InChI=1S/C15H20F3NO3S/c1-10-8-13(22-23(20,21)15(16,17)18)9-11(2)14(10)12-4-6-19(3)7-5-12/h8-9,12H,4-7H2,1-3H3. The monoisotopic (exact) mass is 351 g/mol. The van der Waals surface area contributed by atoms with Crippen LogP contribution < -0.4 is 4.18 Å². The molecule has 1 aliphatic rings. The predicted molar refractivity (Wildman–Crippen MR) is 81.0 cm³/mol. The van der Waals surface area contributed by atoms with Gasteiger partial charge < -0.3 is 9.08 Å². The SMILES string of the molecule is Cc1cc(OS(=O)(=O)C(F)(F)F)cc(C)c1C1CCN(C)CC1. The summed E-state index contributed by atoms with van der Waals surface area (Å²) in [5.74, 6) is 0.0356. The molecule has 0 aliphatic carbocycles. The minimum absolute atomic E-state index is 0.297. The highest BCUT2D eigenvalue weighted by Gasteiger charge is 2.48. The molecular formula is C15H20F3NO3S. The molecule has 0 unspecified atom stereocenters. The van der Waals surface area contributed by atoms with E-state index in [1.807, 2.05) is 0 Å². The number of hydrogen-bond donors (Lipinski definition) is 0. The van der Waals surface area contributed by atoms with Gasteiger partial charge in [-0.2, -0.15) is 21.6 Å². The summed E-state index contributed by atoms with van der Waals surface area (Å²) in [6.07, 6.45) is 1.94. The fourth-order valence-electron chi connectivity index (χ4n) is 3.10. The van der Waals surface area contributed by atoms with Crippen molar-refractivity contribution in [1.82, 2.24) is 4.90 Å². The van der Waals surface area contributed by atoms with Crippen molar-refractivity contribution in [2.45, 2.75) is 38.1 Å². The zero-order valence-corrected chi connectivity index (χ0v) is 14.1. The molecule has 0 radical (unpaired) electrons. The Kier molecular flexibility index (Phi) is 4.96. The van der Waals surface area contributed by atoms with Gasteiger partial charge in [0, 0.05) is 0 Å². The van der Waals surface area contributed by atoms with E-state index < -0.39 is 15.6 Å². The number of hydrogen-bond acceptors (Lipinski definition) is 4. The fraction of sp³-hybridized carbons (Fsp3) is 0.600. The Morgan fingerprint density at radius 1 is 1.13 bits per heavy atom. The smallest absolute Gasteiger partial charge is 0.376 e. The summed E-state index contributed by atoms with van der Waals surface area (Å²) in [6, 6.07) is 2.73. The van der Waals surface area contributed by atoms with Gasteiger partial charge in [-0.25, -0.2) is 0 Å². The molecule has 0 amide bonds. The lowest BCUT2D eigenvalue weighted by atomic mass is 9.84. The molecule has 1 aromatic carbocycles. The number of likely N-dealkylation sites (tertiary alicyclic amines) is 1. The van der Waals surface area contributed by atoms with Crippen LogP contribution in [0.4, 0.5) is 13.2 Å². The van der Waals surface area contributed by atoms with Crippen LogP contribution >= 0.6 is 0 Å². The van der Waals surface area contributed by atoms with Crippen LogP contribution in [0.25, 0.3) is 0 Å². The van der Waals surface area contributed by atoms with Crippen LogP contribution in [0.15, 0.2) is 12.1 Å². The topological polar surface area (TPSA) is 46.6 Å². The van der Waals surface area contributed by atoms with Crippen molar-refractivity contribution in [3.8, 4) is 5.75 Å². The van der Waals surface area contributed by atoms with Crippen LogP contribution in [0.3, 0.4) is 0 Å². The number of aryl methyl sites for hydroxylation is 2. The van der Waals surface area contributed by atoms with E-state index in [2.05, 4.69) is 16.1 Å². The van der Waals surface area contributed by atoms with Crippen molar-refractivity contribution in [2.24, 2.45) is 0 Å². The summed E-state index contributed by atoms with van der Waals surface area (Å²) < 4.78 is 63.7. The van der Waals surface area contributed by atoms with Gasteiger partial charge in [0.25, 0.3) is 0 Å². The first-order valence-corrected chi connectivity index (χ1v) is 8.72. The van der Waals surface area contributed by atoms with Crippen LogP contribution in [0.1, 0.15) is 35.4 Å². The molecule has 0 N–H and O–H groups in total. The summed E-state index contributed by atoms with van der Waals surface area (Å²) >= 11 is 0. The lowest BCUT2D eigenvalue weighted by Gasteiger charge is -2.31. The first kappa shape index (κ1) is 18.1.